The van der Waals surface area contributed by atoms with Gasteiger partial charge in [0.15, 0.2) is 12.4 Å². The van der Waals surface area contributed by atoms with Crippen LogP contribution in [0.2, 0.25) is 0 Å². The van der Waals surface area contributed by atoms with Crippen molar-refractivity contribution in [1.29, 1.82) is 0 Å². The molecule has 0 aromatic heterocycles. The highest BCUT2D eigenvalue weighted by Gasteiger charge is 2.23. The zero-order chi connectivity index (χ0) is 14.0. The molecule has 0 saturated heterocycles. The van der Waals surface area contributed by atoms with E-state index in [1.807, 2.05) is 0 Å². The van der Waals surface area contributed by atoms with Gasteiger partial charge in [0, 0.05) is 0 Å². The first kappa shape index (κ1) is 12.6. The number of primary amides is 1. The second kappa shape index (κ2) is 4.80. The molecule has 0 bridgehead atoms. The zero-order valence-corrected chi connectivity index (χ0v) is 9.63. The molecule has 1 aromatic rings. The first-order chi connectivity index (χ1) is 8.97. The summed E-state index contributed by atoms with van der Waals surface area (Å²) in [5.41, 5.74) is 5.07. The van der Waals surface area contributed by atoms with Crippen LogP contribution in [-0.2, 0) is 9.59 Å². The summed E-state index contributed by atoms with van der Waals surface area (Å²) in [5, 5.41) is 16.0. The lowest BCUT2D eigenvalue weighted by Gasteiger charge is -2.18. The summed E-state index contributed by atoms with van der Waals surface area (Å²) in [6.45, 7) is -0.452. The van der Waals surface area contributed by atoms with Gasteiger partial charge in [-0.2, -0.15) is 0 Å². The molecule has 1 heterocycles. The van der Waals surface area contributed by atoms with E-state index in [4.69, 9.17) is 10.5 Å². The Balaban J connectivity index is 2.39. The first-order valence-corrected chi connectivity index (χ1v) is 5.24. The lowest BCUT2D eigenvalue weighted by molar-refractivity contribution is -0.384. The number of nitrogens with one attached hydrogen (secondary N) is 2. The van der Waals surface area contributed by atoms with Crippen LogP contribution in [0.4, 0.5) is 17.1 Å². The molecular weight excluding hydrogens is 256 g/mol. The van der Waals surface area contributed by atoms with Crippen LogP contribution in [-0.4, -0.2) is 29.9 Å². The minimum Gasteiger partial charge on any atom is -0.481 e. The summed E-state index contributed by atoms with van der Waals surface area (Å²) in [6.07, 6.45) is 0. The van der Waals surface area contributed by atoms with Gasteiger partial charge in [-0.3, -0.25) is 19.7 Å². The number of benzene rings is 1. The molecule has 9 heteroatoms. The summed E-state index contributed by atoms with van der Waals surface area (Å²) in [7, 11) is 0. The van der Waals surface area contributed by atoms with E-state index in [1.54, 1.807) is 0 Å². The molecule has 0 saturated carbocycles. The predicted octanol–water partition coefficient (Wildman–Crippen LogP) is -0.177. The minimum atomic E-state index is -0.660. The van der Waals surface area contributed by atoms with E-state index in [0.717, 1.165) is 0 Å². The normalized spacial score (nSPS) is 12.9. The average Bonchev–Trinajstić information content (AvgIpc) is 2.34. The Kier molecular flexibility index (Phi) is 3.19. The van der Waals surface area contributed by atoms with E-state index in [9.17, 15) is 19.7 Å². The standard InChI is InChI=1S/C10H10N4O5/c11-9(15)3-12-5-1-6-8(2-7(5)14(17)18)19-4-10(16)13-6/h1-2,12H,3-4H2,(H2,11,15)(H,13,16). The lowest BCUT2D eigenvalue weighted by atomic mass is 10.2. The molecule has 0 spiro atoms. The van der Waals surface area contributed by atoms with Gasteiger partial charge in [0.1, 0.15) is 5.69 Å². The van der Waals surface area contributed by atoms with Gasteiger partial charge >= 0.3 is 0 Å². The van der Waals surface area contributed by atoms with Gasteiger partial charge in [0.05, 0.1) is 23.2 Å². The summed E-state index contributed by atoms with van der Waals surface area (Å²) in [5.74, 6) is -0.814. The van der Waals surface area contributed by atoms with Crippen LogP contribution < -0.4 is 21.1 Å². The molecule has 2 rings (SSSR count). The number of carbonyl (C=O) groups excluding carboxylic acids is 2. The number of ether oxygens (including phenoxy) is 1. The second-order valence-corrected chi connectivity index (χ2v) is 3.78. The number of nitrogens with zero attached hydrogens (tertiary/aromatic N) is 1. The highest BCUT2D eigenvalue weighted by Crippen LogP contribution is 2.37. The molecule has 100 valence electrons. The van der Waals surface area contributed by atoms with E-state index in [-0.39, 0.29) is 36.2 Å². The van der Waals surface area contributed by atoms with Gasteiger partial charge in [-0.05, 0) is 6.07 Å². The number of nitrogens with two attached hydrogens (primary N) is 1. The van der Waals surface area contributed by atoms with Gasteiger partial charge in [-0.15, -0.1) is 0 Å². The summed E-state index contributed by atoms with van der Waals surface area (Å²) >= 11 is 0. The Hall–Kier alpha value is -2.84. The molecule has 1 aliphatic heterocycles. The van der Waals surface area contributed by atoms with E-state index >= 15 is 0 Å². The maximum atomic E-state index is 11.2. The number of carbonyl (C=O) groups is 2. The lowest BCUT2D eigenvalue weighted by Crippen LogP contribution is -2.26. The van der Waals surface area contributed by atoms with E-state index in [0.29, 0.717) is 5.69 Å². The highest BCUT2D eigenvalue weighted by atomic mass is 16.6. The number of nitro benzene ring substituents is 1. The largest absolute Gasteiger partial charge is 0.481 e. The van der Waals surface area contributed by atoms with Crippen LogP contribution in [0.3, 0.4) is 0 Å². The van der Waals surface area contributed by atoms with Crippen molar-refractivity contribution in [2.24, 2.45) is 5.73 Å². The molecule has 9 nitrogen and oxygen atoms in total. The molecular formula is C10H10N4O5. The molecule has 0 unspecified atom stereocenters. The smallest absolute Gasteiger partial charge is 0.296 e. The number of hydrogen-bond donors (Lipinski definition) is 3. The Morgan fingerprint density at radius 1 is 1.58 bits per heavy atom. The molecule has 4 N–H and O–H groups in total. The number of rotatable bonds is 4. The Bertz CT molecular complexity index is 571. The number of fused-ring (bicyclic) bond motifs is 1. The van der Waals surface area contributed by atoms with Gasteiger partial charge < -0.3 is 21.1 Å². The molecule has 0 fully saturated rings. The Morgan fingerprint density at radius 2 is 2.32 bits per heavy atom. The van der Waals surface area contributed by atoms with Crippen molar-refractivity contribution >= 4 is 28.9 Å². The van der Waals surface area contributed by atoms with E-state index in [2.05, 4.69) is 10.6 Å². The second-order valence-electron chi connectivity index (χ2n) is 3.78. The maximum Gasteiger partial charge on any atom is 0.296 e. The molecule has 0 atom stereocenters. The number of nitro groups is 1. The zero-order valence-electron chi connectivity index (χ0n) is 9.63. The van der Waals surface area contributed by atoms with Crippen LogP contribution in [0.1, 0.15) is 0 Å². The van der Waals surface area contributed by atoms with Crippen LogP contribution in [0, 0.1) is 10.1 Å². The van der Waals surface area contributed by atoms with Crippen LogP contribution in [0.25, 0.3) is 0 Å². The van der Waals surface area contributed by atoms with Crippen molar-refractivity contribution in [3.8, 4) is 5.75 Å². The fourth-order valence-electron chi connectivity index (χ4n) is 1.59. The van der Waals surface area contributed by atoms with E-state index < -0.39 is 10.8 Å². The van der Waals surface area contributed by atoms with Gasteiger partial charge in [-0.25, -0.2) is 0 Å². The minimum absolute atomic E-state index is 0.0772. The molecule has 19 heavy (non-hydrogen) atoms. The van der Waals surface area contributed by atoms with Crippen molar-refractivity contribution in [3.05, 3.63) is 22.2 Å². The Morgan fingerprint density at radius 3 is 2.95 bits per heavy atom. The van der Waals surface area contributed by atoms with Crippen LogP contribution >= 0.6 is 0 Å². The summed E-state index contributed by atoms with van der Waals surface area (Å²) in [4.78, 5) is 32.1. The molecule has 1 aromatic carbocycles. The summed E-state index contributed by atoms with van der Waals surface area (Å²) < 4.78 is 5.07. The number of hydrogen-bond acceptors (Lipinski definition) is 6. The predicted molar refractivity (Wildman–Crippen MR) is 64.9 cm³/mol. The van der Waals surface area contributed by atoms with Gasteiger partial charge in [0.25, 0.3) is 11.6 Å². The number of amides is 2. The van der Waals surface area contributed by atoms with Crippen LogP contribution in [0.5, 0.6) is 5.75 Å². The number of anilines is 2. The van der Waals surface area contributed by atoms with Crippen molar-refractivity contribution in [2.45, 2.75) is 0 Å². The first-order valence-electron chi connectivity index (χ1n) is 5.24. The van der Waals surface area contributed by atoms with Crippen molar-refractivity contribution in [2.75, 3.05) is 23.8 Å². The topological polar surface area (TPSA) is 137 Å². The fraction of sp³-hybridized carbons (Fsp3) is 0.200. The average molecular weight is 266 g/mol. The van der Waals surface area contributed by atoms with Crippen molar-refractivity contribution < 1.29 is 19.2 Å². The molecule has 2 amide bonds. The van der Waals surface area contributed by atoms with E-state index in [1.165, 1.54) is 12.1 Å². The SMILES string of the molecule is NC(=O)CNc1cc2c(cc1[N+](=O)[O-])OCC(=O)N2. The maximum absolute atomic E-state index is 11.2. The third-order valence-electron chi connectivity index (χ3n) is 2.38. The molecule has 0 radical (unpaired) electrons. The third-order valence-corrected chi connectivity index (χ3v) is 2.38. The van der Waals surface area contributed by atoms with Crippen molar-refractivity contribution in [1.82, 2.24) is 0 Å². The molecule has 0 aliphatic carbocycles. The Labute approximate surface area is 106 Å². The molecule has 1 aliphatic rings. The third kappa shape index (κ3) is 2.70. The fourth-order valence-corrected chi connectivity index (χ4v) is 1.59. The highest BCUT2D eigenvalue weighted by molar-refractivity contribution is 5.97. The van der Waals surface area contributed by atoms with Crippen molar-refractivity contribution in [3.63, 3.8) is 0 Å². The monoisotopic (exact) mass is 266 g/mol. The summed E-state index contributed by atoms with van der Waals surface area (Å²) in [6, 6.07) is 2.51. The quantitative estimate of drug-likeness (QED) is 0.510. The van der Waals surface area contributed by atoms with Gasteiger partial charge in [0.2, 0.25) is 5.91 Å². The van der Waals surface area contributed by atoms with Gasteiger partial charge in [-0.1, -0.05) is 0 Å². The van der Waals surface area contributed by atoms with Crippen LogP contribution in [0.15, 0.2) is 12.1 Å².